The third-order valence-electron chi connectivity index (χ3n) is 5.98. The summed E-state index contributed by atoms with van der Waals surface area (Å²) >= 11 is 0. The van der Waals surface area contributed by atoms with Crippen LogP contribution in [0.4, 0.5) is 18.9 Å². The number of halogens is 3. The van der Waals surface area contributed by atoms with Gasteiger partial charge < -0.3 is 10.4 Å². The molecule has 0 bridgehead atoms. The van der Waals surface area contributed by atoms with E-state index in [0.29, 0.717) is 25.9 Å². The quantitative estimate of drug-likeness (QED) is 0.687. The number of nitrogens with zero attached hydrogens (tertiary/aromatic N) is 2. The number of alkyl halides is 3. The Morgan fingerprint density at radius 1 is 1.16 bits per heavy atom. The molecule has 2 fully saturated rings. The second-order valence-corrected chi connectivity index (χ2v) is 9.86. The lowest BCUT2D eigenvalue weighted by molar-refractivity contribution is -0.192. The summed E-state index contributed by atoms with van der Waals surface area (Å²) in [4.78, 5) is 24.5. The van der Waals surface area contributed by atoms with Crippen molar-refractivity contribution in [1.82, 2.24) is 9.21 Å². The molecule has 2 aliphatic rings. The first-order valence-electron chi connectivity index (χ1n) is 10.2. The number of para-hydroxylation sites is 1. The highest BCUT2D eigenvalue weighted by Crippen LogP contribution is 2.44. The van der Waals surface area contributed by atoms with Gasteiger partial charge in [0.1, 0.15) is 0 Å². The van der Waals surface area contributed by atoms with Gasteiger partial charge in [-0.15, -0.1) is 0 Å². The average Bonchev–Trinajstić information content (AvgIpc) is 2.94. The van der Waals surface area contributed by atoms with E-state index in [0.717, 1.165) is 25.2 Å². The molecule has 2 N–H and O–H groups in total. The number of rotatable bonds is 4. The van der Waals surface area contributed by atoms with Crippen LogP contribution in [0.15, 0.2) is 30.3 Å². The maximum atomic E-state index is 13.2. The summed E-state index contributed by atoms with van der Waals surface area (Å²) in [6, 6.07) is 9.58. The van der Waals surface area contributed by atoms with Crippen LogP contribution in [0.1, 0.15) is 26.2 Å². The van der Waals surface area contributed by atoms with Gasteiger partial charge in [0.05, 0.1) is 11.7 Å². The van der Waals surface area contributed by atoms with E-state index < -0.39 is 27.6 Å². The summed E-state index contributed by atoms with van der Waals surface area (Å²) < 4.78 is 57.2. The van der Waals surface area contributed by atoms with Gasteiger partial charge in [-0.1, -0.05) is 25.1 Å². The molecular weight excluding hydrogens is 451 g/mol. The average molecular weight is 480 g/mol. The van der Waals surface area contributed by atoms with E-state index in [4.69, 9.17) is 9.90 Å². The van der Waals surface area contributed by atoms with E-state index in [9.17, 15) is 26.4 Å². The van der Waals surface area contributed by atoms with Gasteiger partial charge in [0, 0.05) is 24.8 Å². The summed E-state index contributed by atoms with van der Waals surface area (Å²) in [5.41, 5.74) is 0.269. The largest absolute Gasteiger partial charge is 0.490 e. The molecule has 0 saturated carbocycles. The van der Waals surface area contributed by atoms with E-state index in [1.54, 1.807) is 0 Å². The zero-order chi connectivity index (χ0) is 24.2. The minimum Gasteiger partial charge on any atom is -0.475 e. The fraction of sp³-hybridized carbons (Fsp3) is 0.600. The standard InChI is InChI=1S/C18H27N3O3S.C2HF3O2/c1-3-20-13-10-18(17(22)19-15-7-5-4-6-8-15)11-14-21(25(2,23)24)12-9-16(18)20;3-2(4,5)1(6)7/h4-8,16H,3,9-14H2,1-2H3,(H,19,22);(H,6,7)/t16-,18-;/m1./s1. The molecule has 180 valence electrons. The molecule has 32 heavy (non-hydrogen) atoms. The molecule has 2 atom stereocenters. The number of carboxylic acids is 1. The molecule has 1 amide bonds. The molecule has 12 heteroatoms. The lowest BCUT2D eigenvalue weighted by Crippen LogP contribution is -2.47. The number of aliphatic carboxylic acids is 1. The Kier molecular flexibility index (Phi) is 8.29. The molecule has 0 unspecified atom stereocenters. The second-order valence-electron chi connectivity index (χ2n) is 7.87. The minimum atomic E-state index is -5.08. The fourth-order valence-corrected chi connectivity index (χ4v) is 5.19. The highest BCUT2D eigenvalue weighted by atomic mass is 32.2. The Hall–Kier alpha value is -2.18. The molecule has 0 radical (unpaired) electrons. The van der Waals surface area contributed by atoms with Crippen molar-refractivity contribution in [2.24, 2.45) is 5.41 Å². The molecule has 2 aliphatic heterocycles. The first kappa shape index (κ1) is 26.1. The lowest BCUT2D eigenvalue weighted by atomic mass is 9.75. The smallest absolute Gasteiger partial charge is 0.475 e. The number of fused-ring (bicyclic) bond motifs is 1. The van der Waals surface area contributed by atoms with Crippen molar-refractivity contribution in [3.63, 3.8) is 0 Å². The van der Waals surface area contributed by atoms with Crippen molar-refractivity contribution < 1.29 is 36.3 Å². The Bertz CT molecular complexity index is 911. The Balaban J connectivity index is 0.000000451. The summed E-state index contributed by atoms with van der Waals surface area (Å²) in [6.07, 6.45) is -1.78. The van der Waals surface area contributed by atoms with Crippen LogP contribution >= 0.6 is 0 Å². The summed E-state index contributed by atoms with van der Waals surface area (Å²) in [7, 11) is -3.23. The number of sulfonamides is 1. The van der Waals surface area contributed by atoms with Crippen LogP contribution in [0.3, 0.4) is 0 Å². The second kappa shape index (κ2) is 10.2. The number of amides is 1. The highest BCUT2D eigenvalue weighted by molar-refractivity contribution is 7.88. The van der Waals surface area contributed by atoms with Crippen molar-refractivity contribution in [2.75, 3.05) is 37.8 Å². The zero-order valence-corrected chi connectivity index (χ0v) is 18.7. The number of anilines is 1. The molecule has 8 nitrogen and oxygen atoms in total. The highest BCUT2D eigenvalue weighted by Gasteiger charge is 2.53. The van der Waals surface area contributed by atoms with E-state index in [1.165, 1.54) is 10.6 Å². The predicted molar refractivity (Wildman–Crippen MR) is 112 cm³/mol. The van der Waals surface area contributed by atoms with Crippen molar-refractivity contribution in [1.29, 1.82) is 0 Å². The topological polar surface area (TPSA) is 107 Å². The summed E-state index contributed by atoms with van der Waals surface area (Å²) in [5.74, 6) is -2.73. The van der Waals surface area contributed by atoms with E-state index >= 15 is 0 Å². The molecule has 1 aromatic rings. The first-order valence-corrected chi connectivity index (χ1v) is 12.0. The van der Waals surface area contributed by atoms with E-state index in [1.807, 2.05) is 30.3 Å². The number of likely N-dealkylation sites (tertiary alicyclic amines) is 1. The van der Waals surface area contributed by atoms with E-state index in [2.05, 4.69) is 17.1 Å². The minimum absolute atomic E-state index is 0.0231. The van der Waals surface area contributed by atoms with Gasteiger partial charge in [-0.2, -0.15) is 13.2 Å². The van der Waals surface area contributed by atoms with Crippen LogP contribution in [-0.2, 0) is 19.6 Å². The molecule has 2 heterocycles. The van der Waals surface area contributed by atoms with Crippen LogP contribution in [0.5, 0.6) is 0 Å². The predicted octanol–water partition coefficient (Wildman–Crippen LogP) is 2.39. The lowest BCUT2D eigenvalue weighted by Gasteiger charge is -2.35. The van der Waals surface area contributed by atoms with Gasteiger partial charge in [0.15, 0.2) is 0 Å². The zero-order valence-electron chi connectivity index (χ0n) is 17.9. The van der Waals surface area contributed by atoms with Gasteiger partial charge in [0.2, 0.25) is 15.9 Å². The maximum Gasteiger partial charge on any atom is 0.490 e. The number of carbonyl (C=O) groups is 2. The van der Waals surface area contributed by atoms with Gasteiger partial charge >= 0.3 is 12.1 Å². The van der Waals surface area contributed by atoms with E-state index in [-0.39, 0.29) is 11.9 Å². The molecular formula is C20H28F3N3O5S. The number of carbonyl (C=O) groups excluding carboxylic acids is 1. The van der Waals surface area contributed by atoms with Crippen LogP contribution in [0.25, 0.3) is 0 Å². The molecule has 2 saturated heterocycles. The molecule has 0 aliphatic carbocycles. The fourth-order valence-electron chi connectivity index (χ4n) is 4.33. The molecule has 0 spiro atoms. The monoisotopic (exact) mass is 479 g/mol. The summed E-state index contributed by atoms with van der Waals surface area (Å²) in [6.45, 7) is 4.77. The third kappa shape index (κ3) is 6.20. The molecule has 3 rings (SSSR count). The van der Waals surface area contributed by atoms with Gasteiger partial charge in [0.25, 0.3) is 0 Å². The van der Waals surface area contributed by atoms with Gasteiger partial charge in [-0.05, 0) is 44.5 Å². The number of benzene rings is 1. The SMILES string of the molecule is CCN1CC[C@@]2(C(=O)Nc3ccccc3)CCN(S(C)(=O)=O)CC[C@@H]12.O=C(O)C(F)(F)F. The van der Waals surface area contributed by atoms with Crippen molar-refractivity contribution in [3.05, 3.63) is 30.3 Å². The normalized spacial score (nSPS) is 24.6. The number of hydrogen-bond donors (Lipinski definition) is 2. The van der Waals surface area contributed by atoms with Gasteiger partial charge in [-0.3, -0.25) is 9.69 Å². The summed E-state index contributed by atoms with van der Waals surface area (Å²) in [5, 5.41) is 10.2. The Morgan fingerprint density at radius 2 is 1.72 bits per heavy atom. The number of nitrogens with one attached hydrogen (secondary N) is 1. The Morgan fingerprint density at radius 3 is 2.22 bits per heavy atom. The first-order chi connectivity index (χ1) is 14.8. The Labute approximate surface area is 185 Å². The van der Waals surface area contributed by atoms with Crippen molar-refractivity contribution in [3.8, 4) is 0 Å². The molecule has 1 aromatic carbocycles. The van der Waals surface area contributed by atoms with Crippen molar-refractivity contribution >= 4 is 27.6 Å². The molecule has 0 aromatic heterocycles. The number of hydrogen-bond acceptors (Lipinski definition) is 5. The van der Waals surface area contributed by atoms with Crippen LogP contribution in [0.2, 0.25) is 0 Å². The van der Waals surface area contributed by atoms with Gasteiger partial charge in [-0.25, -0.2) is 17.5 Å². The van der Waals surface area contributed by atoms with Crippen molar-refractivity contribution in [2.45, 2.75) is 38.4 Å². The van der Waals surface area contributed by atoms with Crippen LogP contribution < -0.4 is 5.32 Å². The third-order valence-corrected chi connectivity index (χ3v) is 7.29. The van der Waals surface area contributed by atoms with Crippen LogP contribution in [0, 0.1) is 5.41 Å². The van der Waals surface area contributed by atoms with Crippen LogP contribution in [-0.4, -0.2) is 79.3 Å². The maximum absolute atomic E-state index is 13.2. The number of carboxylic acid groups (broad SMARTS) is 1.